The zero-order chi connectivity index (χ0) is 19.1. The van der Waals surface area contributed by atoms with Crippen molar-refractivity contribution in [2.45, 2.75) is 72.8 Å². The standard InChI is InChI=1S/C23H29N.C2H6/c1-14-6-7-18-13-23(4,5)24-22(21(18)8-14)10-16(3)20-12-17-9-15(2)19(20)11-17;1-2/h6-8,10,15,17,24H,3,9,11-13H2,1-2,4-5H3;1-2H3/b22-10-;. The molecule has 0 spiro atoms. The number of hydrogen-bond donors (Lipinski definition) is 1. The summed E-state index contributed by atoms with van der Waals surface area (Å²) in [5.74, 6) is 1.64. The normalized spacial score (nSPS) is 26.9. The zero-order valence-corrected chi connectivity index (χ0v) is 17.5. The molecule has 1 nitrogen and oxygen atoms in total. The fourth-order valence-corrected chi connectivity index (χ4v) is 4.99. The van der Waals surface area contributed by atoms with Crippen molar-refractivity contribution in [3.05, 3.63) is 64.3 Å². The first-order valence-electron chi connectivity index (χ1n) is 10.3. The summed E-state index contributed by atoms with van der Waals surface area (Å²) in [6.07, 6.45) is 7.32. The van der Waals surface area contributed by atoms with Gasteiger partial charge in [-0.2, -0.15) is 0 Å². The summed E-state index contributed by atoms with van der Waals surface area (Å²) in [6, 6.07) is 6.85. The van der Waals surface area contributed by atoms with Crippen molar-refractivity contribution >= 4 is 5.70 Å². The molecule has 0 radical (unpaired) electrons. The lowest BCUT2D eigenvalue weighted by molar-refractivity contribution is 0.437. The number of aryl methyl sites for hydroxylation is 1. The van der Waals surface area contributed by atoms with E-state index >= 15 is 0 Å². The van der Waals surface area contributed by atoms with Gasteiger partial charge in [-0.25, -0.2) is 0 Å². The highest BCUT2D eigenvalue weighted by Crippen LogP contribution is 2.50. The Labute approximate surface area is 160 Å². The van der Waals surface area contributed by atoms with Crippen molar-refractivity contribution in [3.63, 3.8) is 0 Å². The van der Waals surface area contributed by atoms with Crippen LogP contribution in [0.1, 0.15) is 70.6 Å². The van der Waals surface area contributed by atoms with E-state index in [1.165, 1.54) is 47.2 Å². The van der Waals surface area contributed by atoms with Gasteiger partial charge in [0.1, 0.15) is 0 Å². The Bertz CT molecular complexity index is 775. The van der Waals surface area contributed by atoms with E-state index in [9.17, 15) is 0 Å². The van der Waals surface area contributed by atoms with Gasteiger partial charge in [0.2, 0.25) is 0 Å². The molecule has 1 saturated carbocycles. The van der Waals surface area contributed by atoms with Gasteiger partial charge in [-0.15, -0.1) is 0 Å². The summed E-state index contributed by atoms with van der Waals surface area (Å²) in [7, 11) is 0. The fourth-order valence-electron chi connectivity index (χ4n) is 4.99. The van der Waals surface area contributed by atoms with Gasteiger partial charge in [0.05, 0.1) is 0 Å². The van der Waals surface area contributed by atoms with Crippen molar-refractivity contribution in [3.8, 4) is 0 Å². The molecule has 26 heavy (non-hydrogen) atoms. The Hall–Kier alpha value is -1.76. The van der Waals surface area contributed by atoms with Crippen LogP contribution in [-0.2, 0) is 6.42 Å². The second-order valence-electron chi connectivity index (χ2n) is 8.84. The van der Waals surface area contributed by atoms with Crippen molar-refractivity contribution in [2.75, 3.05) is 0 Å². The summed E-state index contributed by atoms with van der Waals surface area (Å²) in [5, 5.41) is 3.76. The van der Waals surface area contributed by atoms with Crippen LogP contribution < -0.4 is 5.32 Å². The number of nitrogens with one attached hydrogen (secondary N) is 1. The monoisotopic (exact) mass is 349 g/mol. The van der Waals surface area contributed by atoms with Crippen LogP contribution in [0, 0.1) is 18.8 Å². The Morgan fingerprint density at radius 2 is 1.96 bits per heavy atom. The first kappa shape index (κ1) is 19.0. The minimum absolute atomic E-state index is 0.0914. The molecule has 1 heterocycles. The summed E-state index contributed by atoms with van der Waals surface area (Å²) in [6.45, 7) is 17.6. The van der Waals surface area contributed by atoms with Gasteiger partial charge in [-0.1, -0.05) is 50.6 Å². The van der Waals surface area contributed by atoms with Gasteiger partial charge >= 0.3 is 0 Å². The number of rotatable bonds is 2. The molecule has 2 unspecified atom stereocenters. The van der Waals surface area contributed by atoms with Gasteiger partial charge in [0.25, 0.3) is 0 Å². The molecule has 3 aliphatic rings. The van der Waals surface area contributed by atoms with Crippen LogP contribution in [-0.4, -0.2) is 5.54 Å². The van der Waals surface area contributed by atoms with Crippen LogP contribution in [0.4, 0.5) is 0 Å². The quantitative estimate of drug-likeness (QED) is 0.635. The second kappa shape index (κ2) is 7.10. The Morgan fingerprint density at radius 1 is 1.23 bits per heavy atom. The van der Waals surface area contributed by atoms with Crippen LogP contribution in [0.5, 0.6) is 0 Å². The lowest BCUT2D eigenvalue weighted by Crippen LogP contribution is -2.43. The Morgan fingerprint density at radius 3 is 2.62 bits per heavy atom. The molecule has 140 valence electrons. The maximum absolute atomic E-state index is 4.45. The first-order valence-corrected chi connectivity index (χ1v) is 10.3. The number of fused-ring (bicyclic) bond motifs is 3. The summed E-state index contributed by atoms with van der Waals surface area (Å²) >= 11 is 0. The molecule has 1 aliphatic heterocycles. The SMILES string of the molecule is C=C(/C=C1\NC(C)(C)Cc2ccc(C)cc21)C1=C2CC(C1)CC2C.CC. The Balaban J connectivity index is 0.000000948. The predicted molar refractivity (Wildman–Crippen MR) is 114 cm³/mol. The second-order valence-corrected chi connectivity index (χ2v) is 8.84. The fraction of sp³-hybridized carbons (Fsp3) is 0.520. The molecule has 0 aromatic heterocycles. The number of benzene rings is 1. The molecule has 2 bridgehead atoms. The smallest absolute Gasteiger partial charge is 0.0426 e. The molecule has 2 atom stereocenters. The van der Waals surface area contributed by atoms with Crippen LogP contribution in [0.2, 0.25) is 0 Å². The van der Waals surface area contributed by atoms with Crippen molar-refractivity contribution in [2.24, 2.45) is 11.8 Å². The third kappa shape index (κ3) is 3.54. The van der Waals surface area contributed by atoms with Gasteiger partial charge < -0.3 is 5.32 Å². The van der Waals surface area contributed by atoms with Crippen LogP contribution in [0.25, 0.3) is 5.70 Å². The van der Waals surface area contributed by atoms with Crippen molar-refractivity contribution < 1.29 is 0 Å². The largest absolute Gasteiger partial charge is 0.379 e. The lowest BCUT2D eigenvalue weighted by Gasteiger charge is -2.36. The van der Waals surface area contributed by atoms with E-state index in [2.05, 4.69) is 63.9 Å². The van der Waals surface area contributed by atoms with Crippen LogP contribution in [0.15, 0.2) is 47.6 Å². The summed E-state index contributed by atoms with van der Waals surface area (Å²) in [5.41, 5.74) is 9.92. The molecule has 0 saturated heterocycles. The third-order valence-electron chi connectivity index (χ3n) is 6.04. The first-order chi connectivity index (χ1) is 12.3. The lowest BCUT2D eigenvalue weighted by atomic mass is 9.83. The van der Waals surface area contributed by atoms with E-state index < -0.39 is 0 Å². The summed E-state index contributed by atoms with van der Waals surface area (Å²) < 4.78 is 0. The van der Waals surface area contributed by atoms with Gasteiger partial charge in [0.15, 0.2) is 0 Å². The molecular formula is C25H35N. The molecular weight excluding hydrogens is 314 g/mol. The molecule has 1 aromatic rings. The van der Waals surface area contributed by atoms with E-state index in [0.29, 0.717) is 0 Å². The van der Waals surface area contributed by atoms with E-state index in [1.54, 1.807) is 11.1 Å². The molecule has 0 amide bonds. The molecule has 2 aliphatic carbocycles. The third-order valence-corrected chi connectivity index (χ3v) is 6.04. The van der Waals surface area contributed by atoms with Crippen LogP contribution >= 0.6 is 0 Å². The van der Waals surface area contributed by atoms with Gasteiger partial charge in [-0.3, -0.25) is 0 Å². The van der Waals surface area contributed by atoms with E-state index in [4.69, 9.17) is 0 Å². The topological polar surface area (TPSA) is 12.0 Å². The van der Waals surface area contributed by atoms with Crippen molar-refractivity contribution in [1.82, 2.24) is 5.32 Å². The average molecular weight is 350 g/mol. The minimum atomic E-state index is 0.0914. The Kier molecular flexibility index (Phi) is 5.19. The highest BCUT2D eigenvalue weighted by Gasteiger charge is 2.36. The molecule has 1 N–H and O–H groups in total. The summed E-state index contributed by atoms with van der Waals surface area (Å²) in [4.78, 5) is 0. The average Bonchev–Trinajstić information content (AvgIpc) is 3.16. The van der Waals surface area contributed by atoms with Gasteiger partial charge in [-0.05, 0) is 87.1 Å². The van der Waals surface area contributed by atoms with Crippen LogP contribution in [0.3, 0.4) is 0 Å². The molecule has 1 fully saturated rings. The van der Waals surface area contributed by atoms with Gasteiger partial charge in [0, 0.05) is 16.8 Å². The number of hydrogen-bond acceptors (Lipinski definition) is 1. The van der Waals surface area contributed by atoms with Crippen molar-refractivity contribution in [1.29, 1.82) is 0 Å². The predicted octanol–water partition coefficient (Wildman–Crippen LogP) is 6.59. The highest BCUT2D eigenvalue weighted by molar-refractivity contribution is 5.73. The molecule has 1 aromatic carbocycles. The molecule has 4 rings (SSSR count). The molecule has 1 heteroatoms. The number of allylic oxidation sites excluding steroid dienone is 4. The van der Waals surface area contributed by atoms with E-state index in [-0.39, 0.29) is 5.54 Å². The maximum Gasteiger partial charge on any atom is 0.0426 e. The van der Waals surface area contributed by atoms with E-state index in [1.807, 2.05) is 13.8 Å². The highest BCUT2D eigenvalue weighted by atomic mass is 15.0. The minimum Gasteiger partial charge on any atom is -0.379 e. The maximum atomic E-state index is 4.45. The zero-order valence-electron chi connectivity index (χ0n) is 17.5. The van der Waals surface area contributed by atoms with E-state index in [0.717, 1.165) is 18.3 Å².